The highest BCUT2D eigenvalue weighted by Crippen LogP contribution is 2.25. The second kappa shape index (κ2) is 4.94. The molecule has 2 aromatic rings. The van der Waals surface area contributed by atoms with Gasteiger partial charge >= 0.3 is 0 Å². The molecular weight excluding hydrogens is 205 g/mol. The van der Waals surface area contributed by atoms with Gasteiger partial charge in [-0.05, 0) is 55.3 Å². The maximum Gasteiger partial charge on any atom is 0.137 e. The Morgan fingerprint density at radius 3 is 2.56 bits per heavy atom. The zero-order valence-corrected chi connectivity index (χ0v) is 8.95. The van der Waals surface area contributed by atoms with E-state index in [2.05, 4.69) is 0 Å². The highest BCUT2D eigenvalue weighted by molar-refractivity contribution is 5.61. The summed E-state index contributed by atoms with van der Waals surface area (Å²) in [6, 6.07) is 8.25. The fraction of sp³-hybridized carbons (Fsp3) is 0.231. The first-order valence-corrected chi connectivity index (χ1v) is 5.33. The van der Waals surface area contributed by atoms with Crippen LogP contribution in [-0.2, 0) is 6.42 Å². The predicted octanol–water partition coefficient (Wildman–Crippen LogP) is 2.98. The third kappa shape index (κ3) is 2.31. The molecule has 0 aliphatic heterocycles. The fourth-order valence-electron chi connectivity index (χ4n) is 1.68. The van der Waals surface area contributed by atoms with Crippen molar-refractivity contribution in [2.75, 3.05) is 6.54 Å². The van der Waals surface area contributed by atoms with E-state index in [1.165, 1.54) is 12.1 Å². The molecule has 0 unspecified atom stereocenters. The Hall–Kier alpha value is -1.61. The molecule has 1 heterocycles. The summed E-state index contributed by atoms with van der Waals surface area (Å²) >= 11 is 0. The molecule has 2 nitrogen and oxygen atoms in total. The van der Waals surface area contributed by atoms with E-state index >= 15 is 0 Å². The molecule has 2 rings (SSSR count). The van der Waals surface area contributed by atoms with Crippen LogP contribution in [0.3, 0.4) is 0 Å². The molecule has 0 spiro atoms. The lowest BCUT2D eigenvalue weighted by atomic mass is 10.1. The monoisotopic (exact) mass is 219 g/mol. The van der Waals surface area contributed by atoms with Crippen molar-refractivity contribution < 1.29 is 8.81 Å². The minimum Gasteiger partial charge on any atom is -0.464 e. The Bertz CT molecular complexity index is 447. The first-order valence-electron chi connectivity index (χ1n) is 5.33. The van der Waals surface area contributed by atoms with Gasteiger partial charge < -0.3 is 10.2 Å². The van der Waals surface area contributed by atoms with Crippen molar-refractivity contribution >= 4 is 0 Å². The molecule has 0 aliphatic carbocycles. The Balaban J connectivity index is 2.26. The van der Waals surface area contributed by atoms with E-state index < -0.39 is 0 Å². The molecule has 84 valence electrons. The van der Waals surface area contributed by atoms with Gasteiger partial charge in [0.05, 0.1) is 6.26 Å². The minimum atomic E-state index is -0.237. The van der Waals surface area contributed by atoms with Crippen LogP contribution in [0, 0.1) is 5.82 Å². The average molecular weight is 219 g/mol. The number of hydrogen-bond acceptors (Lipinski definition) is 2. The van der Waals surface area contributed by atoms with Gasteiger partial charge in [0.2, 0.25) is 0 Å². The molecule has 0 bridgehead atoms. The van der Waals surface area contributed by atoms with Crippen molar-refractivity contribution in [2.24, 2.45) is 5.73 Å². The topological polar surface area (TPSA) is 39.2 Å². The Morgan fingerprint density at radius 1 is 1.12 bits per heavy atom. The van der Waals surface area contributed by atoms with Gasteiger partial charge in [0.1, 0.15) is 11.6 Å². The number of halogens is 1. The van der Waals surface area contributed by atoms with Crippen LogP contribution in [-0.4, -0.2) is 6.54 Å². The van der Waals surface area contributed by atoms with E-state index in [0.717, 1.165) is 29.7 Å². The van der Waals surface area contributed by atoms with Gasteiger partial charge in [-0.3, -0.25) is 0 Å². The zero-order chi connectivity index (χ0) is 11.4. The van der Waals surface area contributed by atoms with Crippen molar-refractivity contribution in [3.63, 3.8) is 0 Å². The number of benzene rings is 1. The minimum absolute atomic E-state index is 0.237. The summed E-state index contributed by atoms with van der Waals surface area (Å²) in [5, 5.41) is 0. The van der Waals surface area contributed by atoms with E-state index in [0.29, 0.717) is 6.54 Å². The van der Waals surface area contributed by atoms with E-state index in [1.807, 2.05) is 6.07 Å². The van der Waals surface area contributed by atoms with Crippen molar-refractivity contribution in [3.8, 4) is 11.3 Å². The molecule has 2 N–H and O–H groups in total. The zero-order valence-electron chi connectivity index (χ0n) is 8.95. The maximum absolute atomic E-state index is 12.8. The lowest BCUT2D eigenvalue weighted by Gasteiger charge is -2.01. The van der Waals surface area contributed by atoms with Crippen molar-refractivity contribution in [3.05, 3.63) is 48.0 Å². The molecule has 0 amide bonds. The SMILES string of the molecule is NCCCc1ccoc1-c1ccc(F)cc1. The average Bonchev–Trinajstić information content (AvgIpc) is 2.75. The third-order valence-corrected chi connectivity index (χ3v) is 2.50. The van der Waals surface area contributed by atoms with E-state index in [1.54, 1.807) is 18.4 Å². The largest absolute Gasteiger partial charge is 0.464 e. The lowest BCUT2D eigenvalue weighted by molar-refractivity contribution is 0.578. The van der Waals surface area contributed by atoms with Gasteiger partial charge in [-0.25, -0.2) is 4.39 Å². The van der Waals surface area contributed by atoms with Gasteiger partial charge in [0, 0.05) is 5.56 Å². The molecule has 1 aromatic heterocycles. The van der Waals surface area contributed by atoms with Crippen LogP contribution in [0.1, 0.15) is 12.0 Å². The van der Waals surface area contributed by atoms with E-state index in [-0.39, 0.29) is 5.82 Å². The number of nitrogens with two attached hydrogens (primary N) is 1. The van der Waals surface area contributed by atoms with E-state index in [9.17, 15) is 4.39 Å². The summed E-state index contributed by atoms with van der Waals surface area (Å²) in [7, 11) is 0. The number of furan rings is 1. The van der Waals surface area contributed by atoms with Crippen LogP contribution in [0.5, 0.6) is 0 Å². The lowest BCUT2D eigenvalue weighted by Crippen LogP contribution is -2.00. The van der Waals surface area contributed by atoms with E-state index in [4.69, 9.17) is 10.2 Å². The highest BCUT2D eigenvalue weighted by Gasteiger charge is 2.08. The molecule has 0 fully saturated rings. The van der Waals surface area contributed by atoms with Crippen molar-refractivity contribution in [1.82, 2.24) is 0 Å². The van der Waals surface area contributed by atoms with Crippen molar-refractivity contribution in [1.29, 1.82) is 0 Å². The third-order valence-electron chi connectivity index (χ3n) is 2.50. The van der Waals surface area contributed by atoms with Crippen molar-refractivity contribution in [2.45, 2.75) is 12.8 Å². The summed E-state index contributed by atoms with van der Waals surface area (Å²) in [5.74, 6) is 0.576. The molecule has 0 radical (unpaired) electrons. The maximum atomic E-state index is 12.8. The molecule has 16 heavy (non-hydrogen) atoms. The summed E-state index contributed by atoms with van der Waals surface area (Å²) in [6.45, 7) is 0.661. The molecule has 0 aliphatic rings. The first kappa shape index (κ1) is 10.9. The summed E-state index contributed by atoms with van der Waals surface area (Å²) < 4.78 is 18.2. The second-order valence-corrected chi connectivity index (χ2v) is 3.67. The Kier molecular flexibility index (Phi) is 3.37. The molecule has 0 saturated carbocycles. The molecule has 1 aromatic carbocycles. The number of rotatable bonds is 4. The van der Waals surface area contributed by atoms with Gasteiger partial charge in [-0.1, -0.05) is 0 Å². The fourth-order valence-corrected chi connectivity index (χ4v) is 1.68. The number of aryl methyl sites for hydroxylation is 1. The van der Waals surface area contributed by atoms with Crippen LogP contribution in [0.2, 0.25) is 0 Å². The molecular formula is C13H14FNO. The highest BCUT2D eigenvalue weighted by atomic mass is 19.1. The van der Waals surface area contributed by atoms with Crippen LogP contribution < -0.4 is 5.73 Å². The smallest absolute Gasteiger partial charge is 0.137 e. The first-order chi connectivity index (χ1) is 7.81. The van der Waals surface area contributed by atoms with Gasteiger partial charge in [-0.15, -0.1) is 0 Å². The van der Waals surface area contributed by atoms with Gasteiger partial charge in [0.15, 0.2) is 0 Å². The van der Waals surface area contributed by atoms with Crippen LogP contribution >= 0.6 is 0 Å². The summed E-state index contributed by atoms with van der Waals surface area (Å²) in [4.78, 5) is 0. The summed E-state index contributed by atoms with van der Waals surface area (Å²) in [6.07, 6.45) is 3.47. The standard InChI is InChI=1S/C13H14FNO/c14-12-5-3-11(4-6-12)13-10(2-1-8-15)7-9-16-13/h3-7,9H,1-2,8,15H2. The number of hydrogen-bond donors (Lipinski definition) is 1. The van der Waals surface area contributed by atoms with Gasteiger partial charge in [0.25, 0.3) is 0 Å². The Labute approximate surface area is 93.9 Å². The molecule has 0 saturated heterocycles. The second-order valence-electron chi connectivity index (χ2n) is 3.67. The van der Waals surface area contributed by atoms with Crippen LogP contribution in [0.25, 0.3) is 11.3 Å². The van der Waals surface area contributed by atoms with Crippen LogP contribution in [0.4, 0.5) is 4.39 Å². The summed E-state index contributed by atoms with van der Waals surface area (Å²) in [5.41, 5.74) is 7.50. The van der Waals surface area contributed by atoms with Gasteiger partial charge in [-0.2, -0.15) is 0 Å². The Morgan fingerprint density at radius 2 is 1.88 bits per heavy atom. The molecule has 3 heteroatoms. The quantitative estimate of drug-likeness (QED) is 0.858. The predicted molar refractivity (Wildman–Crippen MR) is 61.5 cm³/mol. The normalized spacial score (nSPS) is 10.6. The van der Waals surface area contributed by atoms with Crippen LogP contribution in [0.15, 0.2) is 41.0 Å². The molecule has 0 atom stereocenters.